The lowest BCUT2D eigenvalue weighted by molar-refractivity contribution is -0.122. The van der Waals surface area contributed by atoms with Crippen LogP contribution in [-0.4, -0.2) is 65.5 Å². The molecule has 0 radical (unpaired) electrons. The van der Waals surface area contributed by atoms with Crippen molar-refractivity contribution < 1.29 is 9.59 Å². The molecular weight excluding hydrogens is 330 g/mol. The van der Waals surface area contributed by atoms with E-state index in [-0.39, 0.29) is 17.5 Å². The number of hydrogen-bond acceptors (Lipinski definition) is 5. The highest BCUT2D eigenvalue weighted by molar-refractivity contribution is 6.46. The summed E-state index contributed by atoms with van der Waals surface area (Å²) in [6.07, 6.45) is 4.02. The van der Waals surface area contributed by atoms with Crippen molar-refractivity contribution in [1.29, 1.82) is 0 Å². The quantitative estimate of drug-likeness (QED) is 0.814. The van der Waals surface area contributed by atoms with Gasteiger partial charge in [-0.1, -0.05) is 11.6 Å². The van der Waals surface area contributed by atoms with E-state index in [9.17, 15) is 9.59 Å². The molecule has 0 atom stereocenters. The molecule has 3 heterocycles. The highest BCUT2D eigenvalue weighted by atomic mass is 35.5. The van der Waals surface area contributed by atoms with Gasteiger partial charge in [-0.05, 0) is 18.6 Å². The van der Waals surface area contributed by atoms with E-state index in [0.29, 0.717) is 29.6 Å². The number of aromatic nitrogens is 1. The fourth-order valence-corrected chi connectivity index (χ4v) is 2.55. The number of amides is 2. The van der Waals surface area contributed by atoms with Gasteiger partial charge in [-0.25, -0.2) is 9.98 Å². The highest BCUT2D eigenvalue weighted by Gasteiger charge is 2.22. The Hall–Kier alpha value is -2.41. The average molecular weight is 348 g/mol. The van der Waals surface area contributed by atoms with Gasteiger partial charge < -0.3 is 15.1 Å². The van der Waals surface area contributed by atoms with Gasteiger partial charge in [0.25, 0.3) is 11.8 Å². The second-order valence-electron chi connectivity index (χ2n) is 5.69. The number of hydrogen-bond donors (Lipinski definition) is 1. The van der Waals surface area contributed by atoms with Gasteiger partial charge >= 0.3 is 0 Å². The third-order valence-electron chi connectivity index (χ3n) is 3.94. The predicted molar refractivity (Wildman–Crippen MR) is 91.4 cm³/mol. The molecule has 0 bridgehead atoms. The number of carbonyl (C=O) groups is 2. The summed E-state index contributed by atoms with van der Waals surface area (Å²) in [5, 5.41) is 3.34. The normalized spacial score (nSPS) is 20.0. The van der Waals surface area contributed by atoms with Gasteiger partial charge in [0.05, 0.1) is 5.56 Å². The topological polar surface area (TPSA) is 77.9 Å². The molecule has 1 saturated heterocycles. The average Bonchev–Trinajstić information content (AvgIpc) is 2.51. The van der Waals surface area contributed by atoms with Crippen molar-refractivity contribution in [1.82, 2.24) is 20.1 Å². The number of nitrogens with one attached hydrogen (secondary N) is 1. The maximum atomic E-state index is 12.3. The molecule has 1 fully saturated rings. The number of halogens is 1. The summed E-state index contributed by atoms with van der Waals surface area (Å²) in [6, 6.07) is 3.30. The van der Waals surface area contributed by atoms with Crippen LogP contribution in [0.5, 0.6) is 0 Å². The van der Waals surface area contributed by atoms with Crippen molar-refractivity contribution >= 4 is 34.9 Å². The predicted octanol–water partition coefficient (Wildman–Crippen LogP) is 1.14. The molecule has 2 amide bonds. The molecule has 0 aromatic carbocycles. The number of pyridine rings is 1. The molecule has 1 N–H and O–H groups in total. The second-order valence-corrected chi connectivity index (χ2v) is 6.10. The molecule has 1 aromatic heterocycles. The number of rotatable bonds is 2. The van der Waals surface area contributed by atoms with Crippen LogP contribution in [0.4, 0.5) is 5.82 Å². The molecule has 3 rings (SSSR count). The summed E-state index contributed by atoms with van der Waals surface area (Å²) in [4.78, 5) is 36.2. The third-order valence-corrected chi connectivity index (χ3v) is 4.19. The van der Waals surface area contributed by atoms with E-state index in [0.717, 1.165) is 19.5 Å². The Morgan fingerprint density at radius 2 is 2.12 bits per heavy atom. The molecule has 0 saturated carbocycles. The first-order valence-corrected chi connectivity index (χ1v) is 8.13. The third kappa shape index (κ3) is 3.56. The summed E-state index contributed by atoms with van der Waals surface area (Å²) in [6.45, 7) is 2.69. The minimum absolute atomic E-state index is 0.0261. The van der Waals surface area contributed by atoms with Crippen LogP contribution in [0.1, 0.15) is 16.8 Å². The van der Waals surface area contributed by atoms with Gasteiger partial charge in [0.15, 0.2) is 5.82 Å². The van der Waals surface area contributed by atoms with Gasteiger partial charge in [-0.2, -0.15) is 0 Å². The fraction of sp³-hybridized carbons (Fsp3) is 0.375. The van der Waals surface area contributed by atoms with E-state index in [1.54, 1.807) is 29.0 Å². The van der Waals surface area contributed by atoms with Crippen LogP contribution in [0.15, 0.2) is 34.6 Å². The van der Waals surface area contributed by atoms with Crippen LogP contribution in [0, 0.1) is 0 Å². The van der Waals surface area contributed by atoms with Gasteiger partial charge in [-0.3, -0.25) is 9.59 Å². The fourth-order valence-electron chi connectivity index (χ4n) is 2.36. The standard InChI is InChI=1S/C16H18ClN5O2/c1-21-8-5-18-13(17)9-12(16(21)24)20-14-4-3-11(10-19-14)15(23)22-6-2-7-22/h3-4,9-10,18H,2,5-8H2,1H3. The first-order chi connectivity index (χ1) is 11.5. The van der Waals surface area contributed by atoms with E-state index < -0.39 is 0 Å². The summed E-state index contributed by atoms with van der Waals surface area (Å²) in [5.74, 6) is 0.104. The smallest absolute Gasteiger partial charge is 0.272 e. The molecule has 7 nitrogen and oxygen atoms in total. The SMILES string of the molecule is CN1CCNC(Cl)=CC(=Nc2ccc(C(=O)N3CCC3)cn2)C1=O. The first-order valence-electron chi connectivity index (χ1n) is 7.75. The minimum atomic E-state index is -0.225. The molecule has 126 valence electrons. The van der Waals surface area contributed by atoms with Crippen LogP contribution in [0.3, 0.4) is 0 Å². The Bertz CT molecular complexity index is 710. The Morgan fingerprint density at radius 3 is 2.75 bits per heavy atom. The Morgan fingerprint density at radius 1 is 1.33 bits per heavy atom. The maximum Gasteiger partial charge on any atom is 0.272 e. The summed E-state index contributed by atoms with van der Waals surface area (Å²) >= 11 is 6.02. The van der Waals surface area contributed by atoms with Crippen molar-refractivity contribution in [2.24, 2.45) is 4.99 Å². The number of aliphatic imine (C=N–C) groups is 1. The van der Waals surface area contributed by atoms with Crippen molar-refractivity contribution in [3.05, 3.63) is 35.1 Å². The highest BCUT2D eigenvalue weighted by Crippen LogP contribution is 2.15. The summed E-state index contributed by atoms with van der Waals surface area (Å²) < 4.78 is 0. The van der Waals surface area contributed by atoms with Crippen LogP contribution in [-0.2, 0) is 4.79 Å². The van der Waals surface area contributed by atoms with Gasteiger partial charge in [-0.15, -0.1) is 0 Å². The van der Waals surface area contributed by atoms with E-state index in [4.69, 9.17) is 11.6 Å². The molecule has 2 aliphatic heterocycles. The van der Waals surface area contributed by atoms with Crippen molar-refractivity contribution in [3.8, 4) is 0 Å². The van der Waals surface area contributed by atoms with Crippen molar-refractivity contribution in [2.75, 3.05) is 33.2 Å². The van der Waals surface area contributed by atoms with Crippen LogP contribution >= 0.6 is 11.6 Å². The van der Waals surface area contributed by atoms with Gasteiger partial charge in [0, 0.05) is 45.5 Å². The van der Waals surface area contributed by atoms with Gasteiger partial charge in [0.2, 0.25) is 0 Å². The lowest BCUT2D eigenvalue weighted by Gasteiger charge is -2.30. The largest absolute Gasteiger partial charge is 0.374 e. The van der Waals surface area contributed by atoms with Crippen LogP contribution < -0.4 is 5.32 Å². The number of likely N-dealkylation sites (N-methyl/N-ethyl adjacent to an activating group) is 1. The molecule has 0 aliphatic carbocycles. The number of nitrogens with zero attached hydrogens (tertiary/aromatic N) is 4. The zero-order chi connectivity index (χ0) is 17.1. The monoisotopic (exact) mass is 347 g/mol. The zero-order valence-electron chi connectivity index (χ0n) is 13.3. The maximum absolute atomic E-state index is 12.3. The van der Waals surface area contributed by atoms with Gasteiger partial charge in [0.1, 0.15) is 10.9 Å². The van der Waals surface area contributed by atoms with Crippen LogP contribution in [0.2, 0.25) is 0 Å². The summed E-state index contributed by atoms with van der Waals surface area (Å²) in [7, 11) is 1.70. The molecule has 8 heteroatoms. The van der Waals surface area contributed by atoms with E-state index in [2.05, 4.69) is 15.3 Å². The Labute approximate surface area is 145 Å². The Kier molecular flexibility index (Phi) is 4.80. The lowest BCUT2D eigenvalue weighted by atomic mass is 10.1. The van der Waals surface area contributed by atoms with Crippen molar-refractivity contribution in [3.63, 3.8) is 0 Å². The van der Waals surface area contributed by atoms with E-state index in [1.807, 2.05) is 0 Å². The minimum Gasteiger partial charge on any atom is -0.374 e. The van der Waals surface area contributed by atoms with Crippen molar-refractivity contribution in [2.45, 2.75) is 6.42 Å². The summed E-state index contributed by atoms with van der Waals surface area (Å²) in [5.41, 5.74) is 0.721. The zero-order valence-corrected chi connectivity index (χ0v) is 14.1. The molecule has 0 spiro atoms. The molecule has 1 aromatic rings. The Balaban J connectivity index is 1.83. The van der Waals surface area contributed by atoms with Crippen LogP contribution in [0.25, 0.3) is 0 Å². The molecule has 0 unspecified atom stereocenters. The first kappa shape index (κ1) is 16.4. The van der Waals surface area contributed by atoms with E-state index in [1.165, 1.54) is 12.3 Å². The molecule has 2 aliphatic rings. The lowest BCUT2D eigenvalue weighted by Crippen LogP contribution is -2.42. The number of carbonyl (C=O) groups excluding carboxylic acids is 2. The molecular formula is C16H18ClN5O2. The number of likely N-dealkylation sites (tertiary alicyclic amines) is 1. The van der Waals surface area contributed by atoms with E-state index >= 15 is 0 Å². The molecule has 24 heavy (non-hydrogen) atoms. The second kappa shape index (κ2) is 7.00.